The zero-order valence-electron chi connectivity index (χ0n) is 15.9. The summed E-state index contributed by atoms with van der Waals surface area (Å²) in [5, 5.41) is 0. The molecule has 2 amide bonds. The molecule has 2 heterocycles. The number of imide groups is 1. The fourth-order valence-electron chi connectivity index (χ4n) is 3.42. The molecule has 0 unspecified atom stereocenters. The van der Waals surface area contributed by atoms with Crippen molar-refractivity contribution in [3.63, 3.8) is 0 Å². The van der Waals surface area contributed by atoms with Crippen molar-refractivity contribution in [2.45, 2.75) is 6.42 Å². The van der Waals surface area contributed by atoms with Crippen molar-refractivity contribution in [2.75, 3.05) is 25.5 Å². The van der Waals surface area contributed by atoms with Crippen molar-refractivity contribution in [1.29, 1.82) is 0 Å². The summed E-state index contributed by atoms with van der Waals surface area (Å²) in [6, 6.07) is 17.4. The second kappa shape index (κ2) is 7.27. The Morgan fingerprint density at radius 2 is 1.46 bits per heavy atom. The first-order valence-electron chi connectivity index (χ1n) is 9.21. The van der Waals surface area contributed by atoms with E-state index in [0.717, 1.165) is 22.4 Å². The van der Waals surface area contributed by atoms with Crippen LogP contribution in [0.3, 0.4) is 0 Å². The number of carbonyl (C=O) groups is 2. The third-order valence-electron chi connectivity index (χ3n) is 5.06. The average Bonchev–Trinajstić information content (AvgIpc) is 2.97. The van der Waals surface area contributed by atoms with Crippen molar-refractivity contribution >= 4 is 17.5 Å². The number of amides is 2. The average molecular weight is 371 g/mol. The van der Waals surface area contributed by atoms with Crippen LogP contribution in [-0.2, 0) is 6.42 Å². The summed E-state index contributed by atoms with van der Waals surface area (Å²) in [4.78, 5) is 32.9. The first-order valence-corrected chi connectivity index (χ1v) is 9.21. The van der Waals surface area contributed by atoms with Crippen LogP contribution in [0.25, 0.3) is 11.1 Å². The van der Waals surface area contributed by atoms with Crippen LogP contribution in [-0.4, -0.2) is 42.3 Å². The molecule has 1 aliphatic heterocycles. The Labute approximate surface area is 164 Å². The zero-order chi connectivity index (χ0) is 19.7. The summed E-state index contributed by atoms with van der Waals surface area (Å²) >= 11 is 0. The molecule has 1 aliphatic rings. The van der Waals surface area contributed by atoms with Crippen LogP contribution in [0.15, 0.2) is 67.0 Å². The van der Waals surface area contributed by atoms with Gasteiger partial charge in [-0.3, -0.25) is 19.5 Å². The summed E-state index contributed by atoms with van der Waals surface area (Å²) < 4.78 is 0. The topological polar surface area (TPSA) is 53.5 Å². The molecule has 2 aromatic carbocycles. The Bertz CT molecular complexity index is 1030. The van der Waals surface area contributed by atoms with Crippen LogP contribution < -0.4 is 4.90 Å². The molecule has 140 valence electrons. The van der Waals surface area contributed by atoms with E-state index in [0.29, 0.717) is 24.1 Å². The minimum atomic E-state index is -0.221. The quantitative estimate of drug-likeness (QED) is 0.643. The lowest BCUT2D eigenvalue weighted by Crippen LogP contribution is -2.31. The molecule has 5 heteroatoms. The van der Waals surface area contributed by atoms with Gasteiger partial charge < -0.3 is 4.90 Å². The van der Waals surface area contributed by atoms with E-state index in [-0.39, 0.29) is 11.8 Å². The van der Waals surface area contributed by atoms with Crippen LogP contribution >= 0.6 is 0 Å². The monoisotopic (exact) mass is 371 g/mol. The second-order valence-corrected chi connectivity index (χ2v) is 7.07. The molecule has 0 N–H and O–H groups in total. The van der Waals surface area contributed by atoms with Gasteiger partial charge in [0.15, 0.2) is 0 Å². The van der Waals surface area contributed by atoms with Crippen LogP contribution in [0.5, 0.6) is 0 Å². The number of aromatic nitrogens is 1. The number of hydrogen-bond donors (Lipinski definition) is 0. The van der Waals surface area contributed by atoms with Crippen molar-refractivity contribution in [1.82, 2.24) is 9.88 Å². The van der Waals surface area contributed by atoms with Crippen LogP contribution in [0.4, 0.5) is 5.69 Å². The van der Waals surface area contributed by atoms with E-state index in [2.05, 4.69) is 4.98 Å². The van der Waals surface area contributed by atoms with Gasteiger partial charge in [-0.25, -0.2) is 0 Å². The number of nitrogens with zero attached hydrogens (tertiary/aromatic N) is 3. The summed E-state index contributed by atoms with van der Waals surface area (Å²) in [5.74, 6) is -0.440. The van der Waals surface area contributed by atoms with Gasteiger partial charge in [-0.2, -0.15) is 0 Å². The van der Waals surface area contributed by atoms with E-state index in [1.807, 2.05) is 67.5 Å². The molecule has 0 bridgehead atoms. The summed E-state index contributed by atoms with van der Waals surface area (Å²) in [6.07, 6.45) is 4.05. The highest BCUT2D eigenvalue weighted by molar-refractivity contribution is 6.21. The van der Waals surface area contributed by atoms with E-state index >= 15 is 0 Å². The predicted molar refractivity (Wildman–Crippen MR) is 110 cm³/mol. The minimum Gasteiger partial charge on any atom is -0.378 e. The number of anilines is 1. The lowest BCUT2D eigenvalue weighted by Gasteiger charge is -2.13. The molecule has 0 radical (unpaired) electrons. The molecular weight excluding hydrogens is 350 g/mol. The first-order chi connectivity index (χ1) is 13.5. The minimum absolute atomic E-state index is 0.219. The van der Waals surface area contributed by atoms with E-state index in [4.69, 9.17) is 0 Å². The van der Waals surface area contributed by atoms with Crippen molar-refractivity contribution < 1.29 is 9.59 Å². The Hall–Kier alpha value is -3.47. The van der Waals surface area contributed by atoms with Gasteiger partial charge in [-0.1, -0.05) is 18.2 Å². The number of benzene rings is 2. The number of hydrogen-bond acceptors (Lipinski definition) is 4. The molecule has 0 aliphatic carbocycles. The molecule has 0 saturated carbocycles. The molecular formula is C23H21N3O2. The Kier molecular flexibility index (Phi) is 4.65. The highest BCUT2D eigenvalue weighted by atomic mass is 16.2. The molecule has 1 aromatic heterocycles. The van der Waals surface area contributed by atoms with Crippen molar-refractivity contribution in [3.8, 4) is 11.1 Å². The molecule has 0 saturated heterocycles. The predicted octanol–water partition coefficient (Wildman–Crippen LogP) is 3.65. The largest absolute Gasteiger partial charge is 0.378 e. The van der Waals surface area contributed by atoms with Crippen LogP contribution in [0, 0.1) is 0 Å². The molecule has 0 fully saturated rings. The van der Waals surface area contributed by atoms with Gasteiger partial charge in [0.05, 0.1) is 11.1 Å². The maximum Gasteiger partial charge on any atom is 0.261 e. The molecule has 0 spiro atoms. The van der Waals surface area contributed by atoms with Gasteiger partial charge in [0.2, 0.25) is 0 Å². The normalized spacial score (nSPS) is 13.0. The van der Waals surface area contributed by atoms with Crippen molar-refractivity contribution in [2.24, 2.45) is 0 Å². The first kappa shape index (κ1) is 17.9. The van der Waals surface area contributed by atoms with Gasteiger partial charge in [0.25, 0.3) is 11.8 Å². The molecule has 0 atom stereocenters. The maximum absolute atomic E-state index is 12.8. The lowest BCUT2D eigenvalue weighted by molar-refractivity contribution is 0.0656. The summed E-state index contributed by atoms with van der Waals surface area (Å²) in [6.45, 7) is 0.364. The third kappa shape index (κ3) is 3.27. The van der Waals surface area contributed by atoms with Gasteiger partial charge in [-0.05, 0) is 59.5 Å². The van der Waals surface area contributed by atoms with Gasteiger partial charge in [0, 0.05) is 38.7 Å². The summed E-state index contributed by atoms with van der Waals surface area (Å²) in [5.41, 5.74) is 5.07. The lowest BCUT2D eigenvalue weighted by atomic mass is 10.00. The fourth-order valence-corrected chi connectivity index (χ4v) is 3.42. The number of pyridine rings is 1. The Morgan fingerprint density at radius 3 is 2.14 bits per heavy atom. The number of fused-ring (bicyclic) bond motifs is 1. The molecule has 28 heavy (non-hydrogen) atoms. The third-order valence-corrected chi connectivity index (χ3v) is 5.06. The molecule has 4 rings (SSSR count). The van der Waals surface area contributed by atoms with E-state index in [1.165, 1.54) is 4.90 Å². The van der Waals surface area contributed by atoms with Crippen molar-refractivity contribution in [3.05, 3.63) is 83.7 Å². The maximum atomic E-state index is 12.8. The number of rotatable bonds is 5. The number of carbonyl (C=O) groups excluding carboxylic acids is 2. The van der Waals surface area contributed by atoms with E-state index in [1.54, 1.807) is 18.5 Å². The van der Waals surface area contributed by atoms with E-state index in [9.17, 15) is 9.59 Å². The van der Waals surface area contributed by atoms with E-state index < -0.39 is 0 Å². The standard InChI is InChI=1S/C23H21N3O2/c1-25(2)19-6-3-17(4-7-19)18-5-8-20-21(15-18)23(28)26(22(20)27)14-11-16-9-12-24-13-10-16/h3-10,12-13,15H,11,14H2,1-2H3. The van der Waals surface area contributed by atoms with Crippen LogP contribution in [0.2, 0.25) is 0 Å². The Morgan fingerprint density at radius 1 is 0.821 bits per heavy atom. The molecule has 3 aromatic rings. The SMILES string of the molecule is CN(C)c1ccc(-c2ccc3c(c2)C(=O)N(CCc2ccncc2)C3=O)cc1. The van der Waals surface area contributed by atoms with Gasteiger partial charge in [0.1, 0.15) is 0 Å². The molecule has 5 nitrogen and oxygen atoms in total. The Balaban J connectivity index is 1.56. The van der Waals surface area contributed by atoms with Crippen LogP contribution in [0.1, 0.15) is 26.3 Å². The second-order valence-electron chi connectivity index (χ2n) is 7.07. The summed E-state index contributed by atoms with van der Waals surface area (Å²) in [7, 11) is 3.99. The van der Waals surface area contributed by atoms with Gasteiger partial charge >= 0.3 is 0 Å². The zero-order valence-corrected chi connectivity index (χ0v) is 15.9. The highest BCUT2D eigenvalue weighted by Gasteiger charge is 2.35. The fraction of sp³-hybridized carbons (Fsp3) is 0.174. The highest BCUT2D eigenvalue weighted by Crippen LogP contribution is 2.29. The van der Waals surface area contributed by atoms with Gasteiger partial charge in [-0.15, -0.1) is 0 Å². The smallest absolute Gasteiger partial charge is 0.261 e.